The van der Waals surface area contributed by atoms with Gasteiger partial charge in [-0.3, -0.25) is 5.10 Å². The van der Waals surface area contributed by atoms with Gasteiger partial charge in [-0.2, -0.15) is 5.10 Å². The van der Waals surface area contributed by atoms with E-state index in [9.17, 15) is 9.18 Å². The quantitative estimate of drug-likeness (QED) is 0.895. The third kappa shape index (κ3) is 2.53. The lowest BCUT2D eigenvalue weighted by atomic mass is 10.1. The highest BCUT2D eigenvalue weighted by molar-refractivity contribution is 9.10. The molecular formula is C13H10BrFN2O3. The predicted molar refractivity (Wildman–Crippen MR) is 72.3 cm³/mol. The molecule has 104 valence electrons. The Morgan fingerprint density at radius 3 is 2.80 bits per heavy atom. The number of ether oxygens (including phenoxy) is 1. The van der Waals surface area contributed by atoms with Crippen molar-refractivity contribution in [1.29, 1.82) is 0 Å². The zero-order valence-electron chi connectivity index (χ0n) is 10.2. The first kappa shape index (κ1) is 13.1. The highest BCUT2D eigenvalue weighted by atomic mass is 79.9. The second-order valence-electron chi connectivity index (χ2n) is 4.55. The SMILES string of the molecule is O=C(O)c1cc(-c2cc(F)cc(Br)c2OC2CC2)n[nH]1. The second-order valence-corrected chi connectivity index (χ2v) is 5.41. The summed E-state index contributed by atoms with van der Waals surface area (Å²) < 4.78 is 19.8. The topological polar surface area (TPSA) is 75.2 Å². The molecule has 0 bridgehead atoms. The van der Waals surface area contributed by atoms with Crippen LogP contribution in [0.5, 0.6) is 5.75 Å². The minimum atomic E-state index is -1.12. The van der Waals surface area contributed by atoms with E-state index in [1.54, 1.807) is 0 Å². The standard InChI is InChI=1S/C13H10BrFN2O3/c14-9-4-6(15)3-8(12(9)20-7-1-2-7)10-5-11(13(18)19)17-16-10/h3-5,7H,1-2H2,(H,16,17)(H,18,19). The summed E-state index contributed by atoms with van der Waals surface area (Å²) in [5.74, 6) is -1.09. The van der Waals surface area contributed by atoms with Crippen molar-refractivity contribution in [2.75, 3.05) is 0 Å². The van der Waals surface area contributed by atoms with Crippen molar-refractivity contribution in [2.45, 2.75) is 18.9 Å². The molecule has 2 aromatic rings. The first-order valence-corrected chi connectivity index (χ1v) is 6.78. The van der Waals surface area contributed by atoms with Crippen LogP contribution >= 0.6 is 15.9 Å². The van der Waals surface area contributed by atoms with E-state index in [-0.39, 0.29) is 11.8 Å². The minimum Gasteiger partial charge on any atom is -0.489 e. The largest absolute Gasteiger partial charge is 0.489 e. The van der Waals surface area contributed by atoms with Crippen molar-refractivity contribution >= 4 is 21.9 Å². The van der Waals surface area contributed by atoms with Gasteiger partial charge in [-0.15, -0.1) is 0 Å². The number of carboxylic acids is 1. The molecular weight excluding hydrogens is 331 g/mol. The van der Waals surface area contributed by atoms with Gasteiger partial charge in [0.2, 0.25) is 0 Å². The molecule has 3 rings (SSSR count). The van der Waals surface area contributed by atoms with Gasteiger partial charge in [0.25, 0.3) is 0 Å². The lowest BCUT2D eigenvalue weighted by Gasteiger charge is -2.11. The molecule has 1 aromatic heterocycles. The molecule has 1 saturated carbocycles. The van der Waals surface area contributed by atoms with Crippen LogP contribution in [0.2, 0.25) is 0 Å². The Labute approximate surface area is 121 Å². The van der Waals surface area contributed by atoms with Gasteiger partial charge in [-0.05, 0) is 47.0 Å². The number of aromatic nitrogens is 2. The number of hydrogen-bond acceptors (Lipinski definition) is 3. The first-order chi connectivity index (χ1) is 9.54. The predicted octanol–water partition coefficient (Wildman–Crippen LogP) is 3.22. The van der Waals surface area contributed by atoms with Crippen molar-refractivity contribution in [2.24, 2.45) is 0 Å². The summed E-state index contributed by atoms with van der Waals surface area (Å²) in [6.45, 7) is 0. The van der Waals surface area contributed by atoms with Crippen LogP contribution in [-0.4, -0.2) is 27.4 Å². The number of hydrogen-bond donors (Lipinski definition) is 2. The molecule has 0 atom stereocenters. The van der Waals surface area contributed by atoms with Gasteiger partial charge in [0, 0.05) is 5.56 Å². The van der Waals surface area contributed by atoms with Crippen molar-refractivity contribution < 1.29 is 19.0 Å². The van der Waals surface area contributed by atoms with Crippen molar-refractivity contribution in [3.8, 4) is 17.0 Å². The summed E-state index contributed by atoms with van der Waals surface area (Å²) in [5, 5.41) is 15.2. The first-order valence-electron chi connectivity index (χ1n) is 5.99. The molecule has 0 unspecified atom stereocenters. The summed E-state index contributed by atoms with van der Waals surface area (Å²) in [7, 11) is 0. The summed E-state index contributed by atoms with van der Waals surface area (Å²) in [4.78, 5) is 10.9. The summed E-state index contributed by atoms with van der Waals surface area (Å²) in [6.07, 6.45) is 2.06. The highest BCUT2D eigenvalue weighted by Gasteiger charge is 2.27. The van der Waals surface area contributed by atoms with Crippen LogP contribution in [0.3, 0.4) is 0 Å². The van der Waals surface area contributed by atoms with E-state index in [0.29, 0.717) is 21.5 Å². The molecule has 1 aliphatic rings. The monoisotopic (exact) mass is 340 g/mol. The third-order valence-corrected chi connectivity index (χ3v) is 3.49. The maximum atomic E-state index is 13.6. The van der Waals surface area contributed by atoms with Crippen LogP contribution in [-0.2, 0) is 0 Å². The number of rotatable bonds is 4. The summed E-state index contributed by atoms with van der Waals surface area (Å²) in [5.41, 5.74) is 0.698. The molecule has 0 amide bonds. The maximum absolute atomic E-state index is 13.6. The van der Waals surface area contributed by atoms with Gasteiger partial charge in [0.1, 0.15) is 17.3 Å². The lowest BCUT2D eigenvalue weighted by molar-refractivity contribution is 0.0690. The number of carbonyl (C=O) groups is 1. The van der Waals surface area contributed by atoms with Gasteiger partial charge >= 0.3 is 5.97 Å². The number of H-pyrrole nitrogens is 1. The zero-order valence-corrected chi connectivity index (χ0v) is 11.8. The molecule has 1 aliphatic carbocycles. The second kappa shape index (κ2) is 4.90. The molecule has 0 radical (unpaired) electrons. The van der Waals surface area contributed by atoms with Crippen LogP contribution < -0.4 is 4.74 Å². The van der Waals surface area contributed by atoms with Crippen LogP contribution in [0.4, 0.5) is 4.39 Å². The van der Waals surface area contributed by atoms with Crippen LogP contribution in [0.15, 0.2) is 22.7 Å². The molecule has 0 aliphatic heterocycles. The number of benzene rings is 1. The van der Waals surface area contributed by atoms with Gasteiger partial charge < -0.3 is 9.84 Å². The van der Waals surface area contributed by atoms with Crippen molar-refractivity contribution in [1.82, 2.24) is 10.2 Å². The van der Waals surface area contributed by atoms with Gasteiger partial charge in [0.15, 0.2) is 0 Å². The Kier molecular flexibility index (Phi) is 3.21. The zero-order chi connectivity index (χ0) is 14.3. The molecule has 20 heavy (non-hydrogen) atoms. The van der Waals surface area contributed by atoms with E-state index in [0.717, 1.165) is 12.8 Å². The molecule has 0 saturated heterocycles. The van der Waals surface area contributed by atoms with Crippen molar-refractivity contribution in [3.63, 3.8) is 0 Å². The minimum absolute atomic E-state index is 0.0576. The van der Waals surface area contributed by atoms with E-state index in [2.05, 4.69) is 26.1 Å². The molecule has 1 aromatic carbocycles. The van der Waals surface area contributed by atoms with Crippen LogP contribution in [0.1, 0.15) is 23.3 Å². The molecule has 7 heteroatoms. The number of nitrogens with zero attached hydrogens (tertiary/aromatic N) is 1. The number of carboxylic acid groups (broad SMARTS) is 1. The third-order valence-electron chi connectivity index (χ3n) is 2.90. The average Bonchev–Trinajstić information content (AvgIpc) is 3.05. The van der Waals surface area contributed by atoms with Gasteiger partial charge in [0.05, 0.1) is 16.3 Å². The Bertz CT molecular complexity index is 682. The Morgan fingerprint density at radius 2 is 2.20 bits per heavy atom. The van der Waals surface area contributed by atoms with E-state index in [4.69, 9.17) is 9.84 Å². The van der Waals surface area contributed by atoms with Gasteiger partial charge in [-0.25, -0.2) is 9.18 Å². The van der Waals surface area contributed by atoms with Crippen LogP contribution in [0, 0.1) is 5.82 Å². The van der Waals surface area contributed by atoms with E-state index < -0.39 is 11.8 Å². The number of aromatic amines is 1. The number of nitrogens with one attached hydrogen (secondary N) is 1. The Morgan fingerprint density at radius 1 is 1.45 bits per heavy atom. The van der Waals surface area contributed by atoms with Crippen molar-refractivity contribution in [3.05, 3.63) is 34.2 Å². The lowest BCUT2D eigenvalue weighted by Crippen LogP contribution is -1.99. The molecule has 0 spiro atoms. The average molecular weight is 341 g/mol. The van der Waals surface area contributed by atoms with Crippen LogP contribution in [0.25, 0.3) is 11.3 Å². The summed E-state index contributed by atoms with van der Waals surface area (Å²) >= 11 is 3.27. The molecule has 5 nitrogen and oxygen atoms in total. The molecule has 1 heterocycles. The maximum Gasteiger partial charge on any atom is 0.353 e. The Hall–Kier alpha value is -1.89. The fourth-order valence-corrected chi connectivity index (χ4v) is 2.32. The van der Waals surface area contributed by atoms with Gasteiger partial charge in [-0.1, -0.05) is 0 Å². The number of halogens is 2. The van der Waals surface area contributed by atoms with E-state index in [1.165, 1.54) is 18.2 Å². The highest BCUT2D eigenvalue weighted by Crippen LogP contribution is 2.40. The normalized spacial score (nSPS) is 14.3. The number of aromatic carboxylic acids is 1. The smallest absolute Gasteiger partial charge is 0.353 e. The fraction of sp³-hybridized carbons (Fsp3) is 0.231. The molecule has 1 fully saturated rings. The Balaban J connectivity index is 2.07. The van der Waals surface area contributed by atoms with E-state index in [1.807, 2.05) is 0 Å². The summed E-state index contributed by atoms with van der Waals surface area (Å²) in [6, 6.07) is 3.94. The molecule has 2 N–H and O–H groups in total. The van der Waals surface area contributed by atoms with E-state index >= 15 is 0 Å². The fourth-order valence-electron chi connectivity index (χ4n) is 1.79.